The van der Waals surface area contributed by atoms with E-state index in [1.54, 1.807) is 50.6 Å². The molecule has 0 spiro atoms. The average molecular weight is 419 g/mol. The molecule has 0 aliphatic heterocycles. The van der Waals surface area contributed by atoms with E-state index in [0.29, 0.717) is 28.4 Å². The third-order valence-corrected chi connectivity index (χ3v) is 4.66. The fourth-order valence-corrected chi connectivity index (χ4v) is 3.09. The van der Waals surface area contributed by atoms with Crippen LogP contribution in [0, 0.1) is 0 Å². The highest BCUT2D eigenvalue weighted by molar-refractivity contribution is 6.05. The highest BCUT2D eigenvalue weighted by Gasteiger charge is 2.13. The van der Waals surface area contributed by atoms with Crippen molar-refractivity contribution in [2.45, 2.75) is 0 Å². The lowest BCUT2D eigenvalue weighted by atomic mass is 10.2. The van der Waals surface area contributed by atoms with Crippen molar-refractivity contribution in [1.82, 2.24) is 0 Å². The van der Waals surface area contributed by atoms with Gasteiger partial charge in [-0.05, 0) is 48.5 Å². The van der Waals surface area contributed by atoms with Crippen molar-refractivity contribution in [3.63, 3.8) is 0 Å². The van der Waals surface area contributed by atoms with Crippen molar-refractivity contribution >= 4 is 28.9 Å². The number of hydrogen-bond acceptors (Lipinski definition) is 5. The molecule has 0 aromatic heterocycles. The number of hydrogen-bond donors (Lipinski definition) is 2. The molecule has 0 atom stereocenters. The Kier molecular flexibility index (Phi) is 7.11. The number of amides is 2. The lowest BCUT2D eigenvalue weighted by Crippen LogP contribution is -2.30. The van der Waals surface area contributed by atoms with Gasteiger partial charge in [-0.3, -0.25) is 9.59 Å². The number of likely N-dealkylation sites (N-methyl/N-ethyl adjacent to an activating group) is 1. The summed E-state index contributed by atoms with van der Waals surface area (Å²) in [6, 6.07) is 21.4. The van der Waals surface area contributed by atoms with Gasteiger partial charge in [0.2, 0.25) is 5.91 Å². The molecule has 0 unspecified atom stereocenters. The second-order valence-electron chi connectivity index (χ2n) is 6.81. The van der Waals surface area contributed by atoms with Crippen LogP contribution in [-0.2, 0) is 4.79 Å². The number of nitrogens with one attached hydrogen (secondary N) is 2. The van der Waals surface area contributed by atoms with Crippen LogP contribution in [0.4, 0.5) is 17.1 Å². The Bertz CT molecular complexity index is 1050. The quantitative estimate of drug-likeness (QED) is 0.576. The van der Waals surface area contributed by atoms with Gasteiger partial charge < -0.3 is 25.0 Å². The van der Waals surface area contributed by atoms with Crippen LogP contribution in [0.5, 0.6) is 11.5 Å². The molecular formula is C24H25N3O4. The Hall–Kier alpha value is -4.00. The molecule has 0 aliphatic carbocycles. The van der Waals surface area contributed by atoms with Crippen molar-refractivity contribution in [3.05, 3.63) is 78.4 Å². The maximum atomic E-state index is 12.5. The highest BCUT2D eigenvalue weighted by Crippen LogP contribution is 2.26. The minimum absolute atomic E-state index is 0.149. The van der Waals surface area contributed by atoms with Crippen molar-refractivity contribution in [2.75, 3.05) is 43.3 Å². The van der Waals surface area contributed by atoms with Crippen LogP contribution in [0.1, 0.15) is 10.4 Å². The third-order valence-electron chi connectivity index (χ3n) is 4.66. The standard InChI is InChI=1S/C24H25N3O4/c1-27(20-9-5-7-11-22(20)31-3)16-23(28)25-18-14-12-17(13-15-18)24(29)26-19-8-4-6-10-21(19)30-2/h4-15H,16H2,1-3H3,(H,25,28)(H,26,29). The van der Waals surface area contributed by atoms with Crippen molar-refractivity contribution in [3.8, 4) is 11.5 Å². The van der Waals surface area contributed by atoms with Gasteiger partial charge in [0.25, 0.3) is 5.91 Å². The van der Waals surface area contributed by atoms with Gasteiger partial charge in [0.05, 0.1) is 32.1 Å². The number of benzene rings is 3. The first kappa shape index (κ1) is 21.7. The van der Waals surface area contributed by atoms with Crippen LogP contribution in [0.15, 0.2) is 72.8 Å². The Morgan fingerprint density at radius 1 is 0.806 bits per heavy atom. The molecular weight excluding hydrogens is 394 g/mol. The fourth-order valence-electron chi connectivity index (χ4n) is 3.09. The number of ether oxygens (including phenoxy) is 2. The molecule has 0 saturated heterocycles. The van der Waals surface area contributed by atoms with Gasteiger partial charge in [-0.2, -0.15) is 0 Å². The zero-order valence-electron chi connectivity index (χ0n) is 17.7. The predicted molar refractivity (Wildman–Crippen MR) is 122 cm³/mol. The van der Waals surface area contributed by atoms with E-state index < -0.39 is 0 Å². The van der Waals surface area contributed by atoms with Crippen molar-refractivity contribution < 1.29 is 19.1 Å². The first-order valence-electron chi connectivity index (χ1n) is 9.70. The minimum atomic E-state index is -0.265. The van der Waals surface area contributed by atoms with E-state index in [-0.39, 0.29) is 18.4 Å². The molecule has 0 radical (unpaired) electrons. The average Bonchev–Trinajstić information content (AvgIpc) is 2.79. The normalized spacial score (nSPS) is 10.2. The van der Waals surface area contributed by atoms with Gasteiger partial charge in [-0.1, -0.05) is 24.3 Å². The Balaban J connectivity index is 1.59. The summed E-state index contributed by atoms with van der Waals surface area (Å²) in [6.07, 6.45) is 0. The Morgan fingerprint density at radius 3 is 2.10 bits per heavy atom. The molecule has 3 rings (SSSR count). The summed E-state index contributed by atoms with van der Waals surface area (Å²) in [6.45, 7) is 0.149. The van der Waals surface area contributed by atoms with Crippen LogP contribution in [0.2, 0.25) is 0 Å². The molecule has 0 fully saturated rings. The van der Waals surface area contributed by atoms with Gasteiger partial charge in [0.15, 0.2) is 0 Å². The van der Waals surface area contributed by atoms with Gasteiger partial charge in [0.1, 0.15) is 11.5 Å². The second-order valence-corrected chi connectivity index (χ2v) is 6.81. The van der Waals surface area contributed by atoms with Gasteiger partial charge in [-0.25, -0.2) is 0 Å². The summed E-state index contributed by atoms with van der Waals surface area (Å²) in [5.41, 5.74) is 2.48. The molecule has 2 N–H and O–H groups in total. The lowest BCUT2D eigenvalue weighted by Gasteiger charge is -2.21. The molecule has 3 aromatic carbocycles. The summed E-state index contributed by atoms with van der Waals surface area (Å²) in [7, 11) is 4.97. The van der Waals surface area contributed by atoms with Crippen LogP contribution >= 0.6 is 0 Å². The van der Waals surface area contributed by atoms with E-state index in [4.69, 9.17) is 9.47 Å². The maximum Gasteiger partial charge on any atom is 0.255 e. The Morgan fingerprint density at radius 2 is 1.42 bits per heavy atom. The molecule has 7 nitrogen and oxygen atoms in total. The zero-order valence-corrected chi connectivity index (χ0v) is 17.7. The van der Waals surface area contributed by atoms with E-state index in [1.807, 2.05) is 48.3 Å². The lowest BCUT2D eigenvalue weighted by molar-refractivity contribution is -0.114. The number of anilines is 3. The van der Waals surface area contributed by atoms with Gasteiger partial charge >= 0.3 is 0 Å². The molecule has 0 bridgehead atoms. The molecule has 2 amide bonds. The third kappa shape index (κ3) is 5.54. The first-order valence-corrected chi connectivity index (χ1v) is 9.70. The number of nitrogens with zero attached hydrogens (tertiary/aromatic N) is 1. The van der Waals surface area contributed by atoms with Crippen LogP contribution in [0.3, 0.4) is 0 Å². The summed E-state index contributed by atoms with van der Waals surface area (Å²) in [4.78, 5) is 26.8. The molecule has 31 heavy (non-hydrogen) atoms. The molecule has 7 heteroatoms. The highest BCUT2D eigenvalue weighted by atomic mass is 16.5. The van der Waals surface area contributed by atoms with Crippen molar-refractivity contribution in [2.24, 2.45) is 0 Å². The SMILES string of the molecule is COc1ccccc1NC(=O)c1ccc(NC(=O)CN(C)c2ccccc2OC)cc1. The van der Waals surface area contributed by atoms with Crippen molar-refractivity contribution in [1.29, 1.82) is 0 Å². The Labute approximate surface area is 181 Å². The summed E-state index contributed by atoms with van der Waals surface area (Å²) >= 11 is 0. The molecule has 0 saturated carbocycles. The van der Waals surface area contributed by atoms with E-state index in [2.05, 4.69) is 10.6 Å². The molecule has 0 aliphatic rings. The zero-order chi connectivity index (χ0) is 22.2. The van der Waals surface area contributed by atoms with E-state index in [0.717, 1.165) is 5.69 Å². The number of carbonyl (C=O) groups is 2. The number of carbonyl (C=O) groups excluding carboxylic acids is 2. The number of rotatable bonds is 8. The second kappa shape index (κ2) is 10.2. The fraction of sp³-hybridized carbons (Fsp3) is 0.167. The summed E-state index contributed by atoms with van der Waals surface area (Å²) < 4.78 is 10.6. The smallest absolute Gasteiger partial charge is 0.255 e. The first-order chi connectivity index (χ1) is 15.0. The number of para-hydroxylation sites is 4. The van der Waals surface area contributed by atoms with Gasteiger partial charge in [0, 0.05) is 18.3 Å². The van der Waals surface area contributed by atoms with E-state index >= 15 is 0 Å². The van der Waals surface area contributed by atoms with Crippen LogP contribution in [-0.4, -0.2) is 39.6 Å². The largest absolute Gasteiger partial charge is 0.495 e. The minimum Gasteiger partial charge on any atom is -0.495 e. The van der Waals surface area contributed by atoms with Crippen LogP contribution in [0.25, 0.3) is 0 Å². The van der Waals surface area contributed by atoms with E-state index in [1.165, 1.54) is 0 Å². The predicted octanol–water partition coefficient (Wildman–Crippen LogP) is 4.03. The number of methoxy groups -OCH3 is 2. The molecule has 160 valence electrons. The molecule has 3 aromatic rings. The topological polar surface area (TPSA) is 79.9 Å². The molecule has 0 heterocycles. The summed E-state index contributed by atoms with van der Waals surface area (Å²) in [5.74, 6) is 0.833. The van der Waals surface area contributed by atoms with Crippen LogP contribution < -0.4 is 25.0 Å². The van der Waals surface area contributed by atoms with Gasteiger partial charge in [-0.15, -0.1) is 0 Å². The maximum absolute atomic E-state index is 12.5. The van der Waals surface area contributed by atoms with E-state index in [9.17, 15) is 9.59 Å². The summed E-state index contributed by atoms with van der Waals surface area (Å²) in [5, 5.41) is 5.66. The monoisotopic (exact) mass is 419 g/mol.